The summed E-state index contributed by atoms with van der Waals surface area (Å²) in [5, 5.41) is 8.98. The molecule has 0 bridgehead atoms. The first-order valence-corrected chi connectivity index (χ1v) is 3.50. The van der Waals surface area contributed by atoms with Crippen LogP contribution in [0.4, 0.5) is 0 Å². The molecule has 0 aliphatic heterocycles. The number of aromatic hydroxyl groups is 1. The van der Waals surface area contributed by atoms with Gasteiger partial charge in [0, 0.05) is 16.8 Å². The van der Waals surface area contributed by atoms with Crippen molar-refractivity contribution >= 4 is 5.91 Å². The van der Waals surface area contributed by atoms with E-state index < -0.39 is 5.91 Å². The van der Waals surface area contributed by atoms with Crippen molar-refractivity contribution in [1.82, 2.24) is 0 Å². The molecule has 0 aromatic heterocycles. The van der Waals surface area contributed by atoms with E-state index in [0.29, 0.717) is 0 Å². The molecule has 1 amide bonds. The van der Waals surface area contributed by atoms with Crippen LogP contribution in [0.15, 0.2) is 24.3 Å². The zero-order valence-corrected chi connectivity index (χ0v) is 8.32. The molecule has 1 rings (SSSR count). The molecule has 75 valence electrons. The Labute approximate surface area is 88.1 Å². The van der Waals surface area contributed by atoms with Crippen molar-refractivity contribution in [2.24, 2.45) is 5.73 Å². The molecule has 0 heterocycles. The maximum Gasteiger partial charge on any atom is 0.252 e. The van der Waals surface area contributed by atoms with Gasteiger partial charge in [0.25, 0.3) is 5.91 Å². The van der Waals surface area contributed by atoms with Crippen LogP contribution in [0.2, 0.25) is 0 Å². The molecule has 0 aliphatic rings. The first-order chi connectivity index (χ1) is 5.72. The second-order valence-electron chi connectivity index (χ2n) is 1.88. The van der Waals surface area contributed by atoms with Gasteiger partial charge in [-0.1, -0.05) is 12.1 Å². The number of nitrogens with two attached hydrogens (primary N) is 1. The van der Waals surface area contributed by atoms with Crippen LogP contribution < -0.4 is 5.73 Å². The van der Waals surface area contributed by atoms with Crippen molar-refractivity contribution in [2.75, 3.05) is 0 Å². The number of carbonyl (C=O) groups excluding carboxylic acids is 1. The van der Waals surface area contributed by atoms with Crippen LogP contribution >= 0.6 is 0 Å². The summed E-state index contributed by atoms with van der Waals surface area (Å²) < 4.78 is 0. The van der Waals surface area contributed by atoms with Crippen LogP contribution in [0, 0.1) is 6.92 Å². The molecule has 0 atom stereocenters. The van der Waals surface area contributed by atoms with Gasteiger partial charge in [-0.05, 0) is 12.1 Å². The molecule has 0 saturated carbocycles. The van der Waals surface area contributed by atoms with E-state index in [-0.39, 0.29) is 28.1 Å². The van der Waals surface area contributed by atoms with Gasteiger partial charge in [0.2, 0.25) is 0 Å². The minimum Gasteiger partial charge on any atom is -0.507 e. The van der Waals surface area contributed by atoms with Crippen molar-refractivity contribution in [3.8, 4) is 5.75 Å². The summed E-state index contributed by atoms with van der Waals surface area (Å²) >= 11 is 0. The third-order valence-electron chi connectivity index (χ3n) is 1.17. The maximum atomic E-state index is 10.5. The van der Waals surface area contributed by atoms with Gasteiger partial charge >= 0.3 is 0 Å². The van der Waals surface area contributed by atoms with Crippen LogP contribution in [0.5, 0.6) is 5.75 Å². The smallest absolute Gasteiger partial charge is 0.252 e. The number of rotatable bonds is 1. The van der Waals surface area contributed by atoms with Crippen molar-refractivity contribution in [3.05, 3.63) is 36.8 Å². The molecule has 0 aliphatic carbocycles. The first-order valence-electron chi connectivity index (χ1n) is 3.50. The topological polar surface area (TPSA) is 63.3 Å². The number of para-hydroxylation sites is 1. The standard InChI is InChI=1S/C7H7NO2.C2H5.Co/c8-7(10)5-3-1-2-4-6(5)9;1-2;/h1-4,9H,(H2,8,10);1H2,2H3;/q;-1;. The van der Waals surface area contributed by atoms with E-state index in [1.54, 1.807) is 19.1 Å². The van der Waals surface area contributed by atoms with Gasteiger partial charge in [-0.25, -0.2) is 0 Å². The Kier molecular flexibility index (Phi) is 8.53. The minimum absolute atomic E-state index is 0. The number of hydrogen-bond donors (Lipinski definition) is 2. The quantitative estimate of drug-likeness (QED) is 0.708. The van der Waals surface area contributed by atoms with Crippen LogP contribution in [0.1, 0.15) is 17.3 Å². The summed E-state index contributed by atoms with van der Waals surface area (Å²) in [5.41, 5.74) is 5.07. The molecule has 1 aromatic carbocycles. The molecule has 3 nitrogen and oxygen atoms in total. The van der Waals surface area contributed by atoms with Gasteiger partial charge in [0.15, 0.2) is 0 Å². The van der Waals surface area contributed by atoms with Crippen molar-refractivity contribution in [3.63, 3.8) is 0 Å². The molecule has 0 saturated heterocycles. The van der Waals surface area contributed by atoms with E-state index in [2.05, 4.69) is 6.92 Å². The molecule has 0 fully saturated rings. The average molecular weight is 225 g/mol. The third kappa shape index (κ3) is 4.54. The molecule has 0 spiro atoms. The van der Waals surface area contributed by atoms with Gasteiger partial charge in [-0.3, -0.25) is 4.79 Å². The maximum absolute atomic E-state index is 10.5. The van der Waals surface area contributed by atoms with Crippen molar-refractivity contribution in [2.45, 2.75) is 6.92 Å². The fraction of sp³-hybridized carbons (Fsp3) is 0.111. The number of phenols is 1. The summed E-state index contributed by atoms with van der Waals surface area (Å²) in [6.07, 6.45) is 0. The largest absolute Gasteiger partial charge is 0.507 e. The Morgan fingerprint density at radius 2 is 1.85 bits per heavy atom. The van der Waals surface area contributed by atoms with E-state index in [9.17, 15) is 4.79 Å². The molecular formula is C9H12CoNO2-. The number of carbonyl (C=O) groups is 1. The Balaban J connectivity index is 0. The van der Waals surface area contributed by atoms with Crippen LogP contribution in [-0.4, -0.2) is 11.0 Å². The monoisotopic (exact) mass is 225 g/mol. The molecule has 3 N–H and O–H groups in total. The van der Waals surface area contributed by atoms with E-state index >= 15 is 0 Å². The molecule has 1 radical (unpaired) electrons. The van der Waals surface area contributed by atoms with E-state index in [1.807, 2.05) is 0 Å². The number of hydrogen-bond acceptors (Lipinski definition) is 2. The fourth-order valence-electron chi connectivity index (χ4n) is 0.682. The van der Waals surface area contributed by atoms with Gasteiger partial charge in [0.1, 0.15) is 5.75 Å². The van der Waals surface area contributed by atoms with Gasteiger partial charge in [-0.2, -0.15) is 6.92 Å². The number of primary amides is 1. The zero-order valence-electron chi connectivity index (χ0n) is 7.28. The normalized spacial score (nSPS) is 7.54. The molecule has 4 heteroatoms. The Bertz CT molecular complexity index is 264. The predicted octanol–water partition coefficient (Wildman–Crippen LogP) is 1.33. The van der Waals surface area contributed by atoms with Crippen molar-refractivity contribution in [1.29, 1.82) is 0 Å². The molecule has 13 heavy (non-hydrogen) atoms. The minimum atomic E-state index is -0.613. The second-order valence-corrected chi connectivity index (χ2v) is 1.88. The molecule has 1 aromatic rings. The third-order valence-corrected chi connectivity index (χ3v) is 1.17. The van der Waals surface area contributed by atoms with E-state index in [0.717, 1.165) is 0 Å². The average Bonchev–Trinajstić information content (AvgIpc) is 2.08. The summed E-state index contributed by atoms with van der Waals surface area (Å²) in [6.45, 7) is 5.00. The van der Waals surface area contributed by atoms with E-state index in [4.69, 9.17) is 10.8 Å². The summed E-state index contributed by atoms with van der Waals surface area (Å²) in [4.78, 5) is 10.5. The van der Waals surface area contributed by atoms with Crippen LogP contribution in [0.25, 0.3) is 0 Å². The number of amides is 1. The Hall–Kier alpha value is -1.00. The number of benzene rings is 1. The van der Waals surface area contributed by atoms with Gasteiger partial charge in [-0.15, -0.1) is 0 Å². The summed E-state index contributed by atoms with van der Waals surface area (Å²) in [7, 11) is 0. The summed E-state index contributed by atoms with van der Waals surface area (Å²) in [5.74, 6) is -0.687. The molecule has 0 unspecified atom stereocenters. The van der Waals surface area contributed by atoms with Crippen LogP contribution in [-0.2, 0) is 16.8 Å². The SMILES string of the molecule is NC(=O)c1ccccc1O.[CH2-]C.[Co]. The zero-order chi connectivity index (χ0) is 9.56. The van der Waals surface area contributed by atoms with Gasteiger partial charge < -0.3 is 17.8 Å². The predicted molar refractivity (Wildman–Crippen MR) is 47.7 cm³/mol. The first kappa shape index (κ1) is 14.5. The van der Waals surface area contributed by atoms with Gasteiger partial charge in [0.05, 0.1) is 5.56 Å². The van der Waals surface area contributed by atoms with E-state index in [1.165, 1.54) is 12.1 Å². The Morgan fingerprint density at radius 1 is 1.38 bits per heavy atom. The molecular weight excluding hydrogens is 213 g/mol. The van der Waals surface area contributed by atoms with Crippen molar-refractivity contribution < 1.29 is 26.7 Å². The second kappa shape index (κ2) is 7.64. The Morgan fingerprint density at radius 3 is 2.15 bits per heavy atom. The fourth-order valence-corrected chi connectivity index (χ4v) is 0.682. The van der Waals surface area contributed by atoms with Crippen LogP contribution in [0.3, 0.4) is 0 Å². The summed E-state index contributed by atoms with van der Waals surface area (Å²) in [6, 6.07) is 6.15.